The fourth-order valence-corrected chi connectivity index (χ4v) is 0.0228. The molecule has 0 fully saturated rings. The highest BCUT2D eigenvalue weighted by Gasteiger charge is 1.59. The van der Waals surface area contributed by atoms with E-state index in [1.54, 1.807) is 5.43 Å². The van der Waals surface area contributed by atoms with Gasteiger partial charge in [-0.25, -0.2) is 0 Å². The van der Waals surface area contributed by atoms with Crippen molar-refractivity contribution < 1.29 is 10.0 Å². The third kappa shape index (κ3) is 3.39. The number of hydrazine groups is 1. The highest BCUT2D eigenvalue weighted by molar-refractivity contribution is 5.45. The molecule has 0 atom stereocenters. The monoisotopic (exact) mass is 75.0 g/mol. The molecule has 0 aliphatic rings. The summed E-state index contributed by atoms with van der Waals surface area (Å²) in [5.41, 5.74) is 2.95. The van der Waals surface area contributed by atoms with Gasteiger partial charge in [-0.15, -0.1) is 5.59 Å². The summed E-state index contributed by atoms with van der Waals surface area (Å²) >= 11 is 0. The maximum Gasteiger partial charge on any atom is 0.326 e. The van der Waals surface area contributed by atoms with E-state index in [9.17, 15) is 0 Å². The van der Waals surface area contributed by atoms with Crippen LogP contribution in [0.5, 0.6) is 0 Å². The van der Waals surface area contributed by atoms with E-state index in [1.807, 2.05) is 0 Å². The number of hydrogen-bond acceptors (Lipinski definition) is 3. The Kier molecular flexibility index (Phi) is 2.98. The third-order valence-electron chi connectivity index (χ3n) is 0.107. The molecule has 4 nitrogen and oxygen atoms in total. The first-order chi connectivity index (χ1) is 2.41. The highest BCUT2D eigenvalue weighted by Crippen LogP contribution is 1.14. The topological polar surface area (TPSA) is 61.4 Å². The van der Waals surface area contributed by atoms with Crippen molar-refractivity contribution in [3.8, 4) is 0 Å². The smallest absolute Gasteiger partial charge is 0.297 e. The van der Waals surface area contributed by atoms with Crippen molar-refractivity contribution in [2.45, 2.75) is 0 Å². The molecule has 1 radical (unpaired) electrons. The zero-order valence-electron chi connectivity index (χ0n) is 2.36. The quantitative estimate of drug-likeness (QED) is 0.277. The van der Waals surface area contributed by atoms with Crippen molar-refractivity contribution in [2.75, 3.05) is 0 Å². The van der Waals surface area contributed by atoms with Gasteiger partial charge in [-0.2, -0.15) is 0 Å². The van der Waals surface area contributed by atoms with E-state index in [0.29, 0.717) is 0 Å². The Bertz CT molecular complexity index is 28.8. The van der Waals surface area contributed by atoms with Gasteiger partial charge in [0.2, 0.25) is 0 Å². The van der Waals surface area contributed by atoms with Gasteiger partial charge in [-0.05, 0) is 0 Å². The summed E-state index contributed by atoms with van der Waals surface area (Å²) < 4.78 is 0. The molecule has 0 rings (SSSR count). The molecular formula is CH3N2O2. The molecule has 0 saturated heterocycles. The molecule has 29 valence electrons. The van der Waals surface area contributed by atoms with Gasteiger partial charge in [0.15, 0.2) is 0 Å². The molecule has 5 heavy (non-hydrogen) atoms. The van der Waals surface area contributed by atoms with Crippen LogP contribution in [0.15, 0.2) is 0 Å². The first-order valence-corrected chi connectivity index (χ1v) is 0.928. The largest absolute Gasteiger partial charge is 0.326 e. The molecule has 4 heteroatoms. The Balaban J connectivity index is 2.40. The van der Waals surface area contributed by atoms with Gasteiger partial charge in [-0.1, -0.05) is 0 Å². The van der Waals surface area contributed by atoms with E-state index in [-0.39, 0.29) is 0 Å². The molecule has 0 spiro atoms. The second-order valence-corrected chi connectivity index (χ2v) is 0.339. The molecule has 0 aliphatic heterocycles. The van der Waals surface area contributed by atoms with E-state index in [1.165, 1.54) is 5.59 Å². The predicted octanol–water partition coefficient (Wildman–Crippen LogP) is -1.46. The molecule has 0 aromatic carbocycles. The number of nitrogens with one attached hydrogen (secondary N) is 2. The van der Waals surface area contributed by atoms with Crippen LogP contribution in [0.25, 0.3) is 0 Å². The Hall–Kier alpha value is -0.610. The number of hydrogen-bond donors (Lipinski definition) is 3. The van der Waals surface area contributed by atoms with Gasteiger partial charge >= 0.3 is 6.41 Å². The minimum absolute atomic E-state index is 1.16. The lowest BCUT2D eigenvalue weighted by molar-refractivity contribution is 0.143. The van der Waals surface area contributed by atoms with Crippen LogP contribution < -0.4 is 11.0 Å². The molecule has 0 aromatic rings. The average Bonchev–Trinajstić information content (AvgIpc) is 1.41. The van der Waals surface area contributed by atoms with E-state index in [0.717, 1.165) is 6.41 Å². The first-order valence-electron chi connectivity index (χ1n) is 0.928. The van der Waals surface area contributed by atoms with Gasteiger partial charge < -0.3 is 0 Å². The van der Waals surface area contributed by atoms with Crippen molar-refractivity contribution in [1.29, 1.82) is 0 Å². The zero-order chi connectivity index (χ0) is 4.12. The summed E-state index contributed by atoms with van der Waals surface area (Å²) in [7, 11) is 0. The van der Waals surface area contributed by atoms with E-state index >= 15 is 0 Å². The zero-order valence-corrected chi connectivity index (χ0v) is 2.36. The summed E-state index contributed by atoms with van der Waals surface area (Å²) in [5, 5.41) is 7.44. The standard InChI is InChI=1S/CH3N2O2/c4-1-2-3-5/h3,5H,(H,2,4). The summed E-state index contributed by atoms with van der Waals surface area (Å²) in [6.07, 6.45) is 1.16. The average molecular weight is 75.0 g/mol. The van der Waals surface area contributed by atoms with Gasteiger partial charge in [0.1, 0.15) is 0 Å². The number of rotatable bonds is 2. The van der Waals surface area contributed by atoms with Crippen molar-refractivity contribution in [3.05, 3.63) is 0 Å². The maximum atomic E-state index is 8.95. The Labute approximate surface area is 28.7 Å². The Morgan fingerprint density at radius 1 is 1.80 bits per heavy atom. The van der Waals surface area contributed by atoms with Crippen LogP contribution in [-0.2, 0) is 4.79 Å². The van der Waals surface area contributed by atoms with Crippen LogP contribution in [0, 0.1) is 0 Å². The second kappa shape index (κ2) is 3.39. The Morgan fingerprint density at radius 2 is 2.40 bits per heavy atom. The number of carbonyl (C=O) groups excluding carboxylic acids is 1. The molecule has 1 amide bonds. The number of amides is 1. The summed E-state index contributed by atoms with van der Waals surface area (Å²) in [4.78, 5) is 8.95. The minimum Gasteiger partial charge on any atom is -0.297 e. The lowest BCUT2D eigenvalue weighted by Gasteiger charge is -1.80. The van der Waals surface area contributed by atoms with Crippen molar-refractivity contribution in [1.82, 2.24) is 11.0 Å². The predicted molar refractivity (Wildman–Crippen MR) is 13.8 cm³/mol. The highest BCUT2D eigenvalue weighted by atomic mass is 16.5. The van der Waals surface area contributed by atoms with Crippen LogP contribution in [0.2, 0.25) is 0 Å². The molecule has 3 N–H and O–H groups in total. The fourth-order valence-electron chi connectivity index (χ4n) is 0.0228. The molecule has 0 bridgehead atoms. The molecule has 0 aromatic heterocycles. The normalized spacial score (nSPS) is 6.60. The minimum atomic E-state index is 1.16. The fraction of sp³-hybridized carbons (Fsp3) is 0. The van der Waals surface area contributed by atoms with Crippen molar-refractivity contribution in [2.24, 2.45) is 0 Å². The Morgan fingerprint density at radius 3 is 2.40 bits per heavy atom. The molecule has 0 aliphatic carbocycles. The van der Waals surface area contributed by atoms with Gasteiger partial charge in [0.25, 0.3) is 0 Å². The molecule has 0 unspecified atom stereocenters. The third-order valence-corrected chi connectivity index (χ3v) is 0.107. The van der Waals surface area contributed by atoms with Crippen LogP contribution in [0.3, 0.4) is 0 Å². The second-order valence-electron chi connectivity index (χ2n) is 0.339. The SMILES string of the molecule is O=[C]NNO. The summed E-state index contributed by atoms with van der Waals surface area (Å²) in [6.45, 7) is 0. The lowest BCUT2D eigenvalue weighted by atomic mass is 11.4. The van der Waals surface area contributed by atoms with Gasteiger partial charge in [-0.3, -0.25) is 15.4 Å². The molecule has 0 heterocycles. The van der Waals surface area contributed by atoms with E-state index in [4.69, 9.17) is 10.0 Å². The summed E-state index contributed by atoms with van der Waals surface area (Å²) in [5.74, 6) is 0. The van der Waals surface area contributed by atoms with Gasteiger partial charge in [0, 0.05) is 0 Å². The maximum absolute atomic E-state index is 8.95. The van der Waals surface area contributed by atoms with E-state index < -0.39 is 0 Å². The first kappa shape index (κ1) is 4.39. The lowest BCUT2D eigenvalue weighted by Crippen LogP contribution is -2.25. The van der Waals surface area contributed by atoms with Crippen LogP contribution in [-0.4, -0.2) is 11.6 Å². The molecular weight excluding hydrogens is 72.0 g/mol. The van der Waals surface area contributed by atoms with Gasteiger partial charge in [0.05, 0.1) is 0 Å². The van der Waals surface area contributed by atoms with E-state index in [2.05, 4.69) is 0 Å². The van der Waals surface area contributed by atoms with Crippen molar-refractivity contribution in [3.63, 3.8) is 0 Å². The van der Waals surface area contributed by atoms with Crippen LogP contribution in [0.1, 0.15) is 0 Å². The summed E-state index contributed by atoms with van der Waals surface area (Å²) in [6, 6.07) is 0. The van der Waals surface area contributed by atoms with Crippen LogP contribution >= 0.6 is 0 Å². The molecule has 0 saturated carbocycles. The van der Waals surface area contributed by atoms with Crippen LogP contribution in [0.4, 0.5) is 0 Å². The van der Waals surface area contributed by atoms with Crippen molar-refractivity contribution >= 4 is 6.41 Å².